The second-order valence-electron chi connectivity index (χ2n) is 3.83. The first-order chi connectivity index (χ1) is 9.24. The summed E-state index contributed by atoms with van der Waals surface area (Å²) in [7, 11) is 0. The molecule has 0 aromatic carbocycles. The zero-order valence-electron chi connectivity index (χ0n) is 10.6. The van der Waals surface area contributed by atoms with Crippen LogP contribution in [0.3, 0.4) is 0 Å². The van der Waals surface area contributed by atoms with Gasteiger partial charge < -0.3 is 10.5 Å². The molecule has 2 aromatic heterocycles. The monoisotopic (exact) mass is 261 g/mol. The first-order valence-corrected chi connectivity index (χ1v) is 5.97. The van der Waals surface area contributed by atoms with Gasteiger partial charge >= 0.3 is 0 Å². The molecule has 0 aliphatic rings. The highest BCUT2D eigenvalue weighted by Crippen LogP contribution is 2.13. The van der Waals surface area contributed by atoms with E-state index < -0.39 is 0 Å². The quantitative estimate of drug-likeness (QED) is 0.749. The van der Waals surface area contributed by atoms with E-state index in [0.29, 0.717) is 31.0 Å². The van der Waals surface area contributed by atoms with E-state index in [4.69, 9.17) is 10.5 Å². The molecule has 7 nitrogen and oxygen atoms in total. The van der Waals surface area contributed by atoms with Crippen LogP contribution in [-0.2, 0) is 6.54 Å². The first-order valence-electron chi connectivity index (χ1n) is 5.97. The predicted octanol–water partition coefficient (Wildman–Crippen LogP) is 0.261. The van der Waals surface area contributed by atoms with Crippen LogP contribution in [0.5, 0.6) is 5.75 Å². The van der Waals surface area contributed by atoms with Gasteiger partial charge in [0.25, 0.3) is 0 Å². The first kappa shape index (κ1) is 13.2. The van der Waals surface area contributed by atoms with Crippen molar-refractivity contribution in [2.75, 3.05) is 13.2 Å². The van der Waals surface area contributed by atoms with Gasteiger partial charge in [0.15, 0.2) is 5.69 Å². The van der Waals surface area contributed by atoms with Crippen LogP contribution in [0.1, 0.15) is 23.0 Å². The summed E-state index contributed by atoms with van der Waals surface area (Å²) in [6.45, 7) is 3.36. The molecule has 0 fully saturated rings. The van der Waals surface area contributed by atoms with Crippen molar-refractivity contribution in [3.63, 3.8) is 0 Å². The molecular weight excluding hydrogens is 246 g/mol. The van der Waals surface area contributed by atoms with Crippen LogP contribution in [0.15, 0.2) is 24.7 Å². The van der Waals surface area contributed by atoms with Crippen molar-refractivity contribution in [3.05, 3.63) is 35.9 Å². The number of hydrogen-bond donors (Lipinski definition) is 1. The maximum Gasteiger partial charge on any atom is 0.216 e. The molecule has 0 spiro atoms. The van der Waals surface area contributed by atoms with Gasteiger partial charge in [-0.1, -0.05) is 5.21 Å². The molecule has 7 heteroatoms. The molecule has 0 saturated heterocycles. The molecule has 0 amide bonds. The molecule has 2 N–H and O–H groups in total. The summed E-state index contributed by atoms with van der Waals surface area (Å²) in [5.41, 5.74) is 6.10. The summed E-state index contributed by atoms with van der Waals surface area (Å²) >= 11 is 0. The summed E-state index contributed by atoms with van der Waals surface area (Å²) in [5.74, 6) is 0.319. The van der Waals surface area contributed by atoms with E-state index in [-0.39, 0.29) is 11.5 Å². The van der Waals surface area contributed by atoms with Crippen molar-refractivity contribution in [2.45, 2.75) is 13.5 Å². The van der Waals surface area contributed by atoms with Gasteiger partial charge in [-0.3, -0.25) is 14.5 Å². The van der Waals surface area contributed by atoms with Gasteiger partial charge in [-0.2, -0.15) is 0 Å². The number of nitrogens with two attached hydrogens (primary N) is 1. The van der Waals surface area contributed by atoms with Crippen LogP contribution in [0.25, 0.3) is 0 Å². The zero-order chi connectivity index (χ0) is 13.7. The van der Waals surface area contributed by atoms with Gasteiger partial charge in [-0.25, -0.2) is 0 Å². The largest absolute Gasteiger partial charge is 0.492 e. The molecule has 2 aromatic rings. The normalized spacial score (nSPS) is 10.4. The third-order valence-corrected chi connectivity index (χ3v) is 2.42. The second kappa shape index (κ2) is 6.05. The van der Waals surface area contributed by atoms with Gasteiger partial charge in [0.2, 0.25) is 5.78 Å². The Labute approximate surface area is 110 Å². The smallest absolute Gasteiger partial charge is 0.216 e. The highest BCUT2D eigenvalue weighted by molar-refractivity contribution is 6.07. The average molecular weight is 261 g/mol. The number of hydrogen-bond acceptors (Lipinski definition) is 6. The molecule has 100 valence electrons. The molecule has 0 unspecified atom stereocenters. The minimum absolute atomic E-state index is 0.239. The van der Waals surface area contributed by atoms with Gasteiger partial charge in [-0.05, 0) is 13.0 Å². The summed E-state index contributed by atoms with van der Waals surface area (Å²) in [5, 5.41) is 7.65. The van der Waals surface area contributed by atoms with Crippen molar-refractivity contribution >= 4 is 5.78 Å². The van der Waals surface area contributed by atoms with E-state index in [1.165, 1.54) is 10.9 Å². The highest BCUT2D eigenvalue weighted by Gasteiger charge is 2.14. The molecule has 0 saturated carbocycles. The Morgan fingerprint density at radius 2 is 2.32 bits per heavy atom. The number of carbonyl (C=O) groups is 1. The Morgan fingerprint density at radius 1 is 1.47 bits per heavy atom. The predicted molar refractivity (Wildman–Crippen MR) is 67.9 cm³/mol. The van der Waals surface area contributed by atoms with E-state index >= 15 is 0 Å². The number of aromatic nitrogens is 4. The van der Waals surface area contributed by atoms with E-state index in [9.17, 15) is 4.79 Å². The minimum Gasteiger partial charge on any atom is -0.492 e. The number of nitrogens with zero attached hydrogens (tertiary/aromatic N) is 4. The van der Waals surface area contributed by atoms with E-state index in [1.807, 2.05) is 6.92 Å². The Balaban J connectivity index is 2.20. The SMILES string of the molecule is CCOc1cncc(C(=O)c2cn(CCN)nn2)c1. The van der Waals surface area contributed by atoms with Gasteiger partial charge in [0.1, 0.15) is 5.75 Å². The zero-order valence-corrected chi connectivity index (χ0v) is 10.6. The molecular formula is C12H15N5O2. The minimum atomic E-state index is -0.239. The number of pyridine rings is 1. The molecule has 19 heavy (non-hydrogen) atoms. The third-order valence-electron chi connectivity index (χ3n) is 2.42. The van der Waals surface area contributed by atoms with Gasteiger partial charge in [-0.15, -0.1) is 5.10 Å². The van der Waals surface area contributed by atoms with Crippen LogP contribution in [-0.4, -0.2) is 38.9 Å². The van der Waals surface area contributed by atoms with Crippen LogP contribution < -0.4 is 10.5 Å². The van der Waals surface area contributed by atoms with Crippen molar-refractivity contribution in [1.82, 2.24) is 20.0 Å². The summed E-state index contributed by atoms with van der Waals surface area (Å²) in [6, 6.07) is 1.64. The van der Waals surface area contributed by atoms with Crippen LogP contribution >= 0.6 is 0 Å². The van der Waals surface area contributed by atoms with Crippen molar-refractivity contribution < 1.29 is 9.53 Å². The standard InChI is InChI=1S/C12H15N5O2/c1-2-19-10-5-9(6-14-7-10)12(18)11-8-17(4-3-13)16-15-11/h5-8H,2-4,13H2,1H3. The fourth-order valence-electron chi connectivity index (χ4n) is 1.58. The molecule has 0 aliphatic carbocycles. The number of ether oxygens (including phenoxy) is 1. The number of rotatable bonds is 6. The second-order valence-corrected chi connectivity index (χ2v) is 3.83. The highest BCUT2D eigenvalue weighted by atomic mass is 16.5. The third kappa shape index (κ3) is 3.14. The maximum absolute atomic E-state index is 12.2. The van der Waals surface area contributed by atoms with Crippen LogP contribution in [0.2, 0.25) is 0 Å². The van der Waals surface area contributed by atoms with E-state index in [1.54, 1.807) is 18.5 Å². The lowest BCUT2D eigenvalue weighted by molar-refractivity contribution is 0.103. The maximum atomic E-state index is 12.2. The molecule has 2 heterocycles. The average Bonchev–Trinajstić information content (AvgIpc) is 2.88. The number of ketones is 1. The number of carbonyl (C=O) groups excluding carboxylic acids is 1. The summed E-state index contributed by atoms with van der Waals surface area (Å²) in [6.07, 6.45) is 4.61. The molecule has 0 bridgehead atoms. The Morgan fingerprint density at radius 3 is 3.05 bits per heavy atom. The van der Waals surface area contributed by atoms with Crippen molar-refractivity contribution in [1.29, 1.82) is 0 Å². The molecule has 0 aliphatic heterocycles. The van der Waals surface area contributed by atoms with Crippen LogP contribution in [0.4, 0.5) is 0 Å². The fourth-order valence-corrected chi connectivity index (χ4v) is 1.58. The lowest BCUT2D eigenvalue weighted by Crippen LogP contribution is -2.10. The van der Waals surface area contributed by atoms with Gasteiger partial charge in [0.05, 0.1) is 25.5 Å². The molecule has 2 rings (SSSR count). The molecule has 0 atom stereocenters. The van der Waals surface area contributed by atoms with E-state index in [0.717, 1.165) is 0 Å². The topological polar surface area (TPSA) is 95.9 Å². The Kier molecular flexibility index (Phi) is 4.19. The Bertz CT molecular complexity index is 567. The fraction of sp³-hybridized carbons (Fsp3) is 0.333. The summed E-state index contributed by atoms with van der Waals surface area (Å²) in [4.78, 5) is 16.1. The van der Waals surface area contributed by atoms with Gasteiger partial charge in [0, 0.05) is 18.3 Å². The van der Waals surface area contributed by atoms with Crippen LogP contribution in [0, 0.1) is 0 Å². The van der Waals surface area contributed by atoms with Crippen molar-refractivity contribution in [3.8, 4) is 5.75 Å². The summed E-state index contributed by atoms with van der Waals surface area (Å²) < 4.78 is 6.84. The molecule has 0 radical (unpaired) electrons. The Hall–Kier alpha value is -2.28. The van der Waals surface area contributed by atoms with Crippen molar-refractivity contribution in [2.24, 2.45) is 5.73 Å². The lowest BCUT2D eigenvalue weighted by Gasteiger charge is -2.03. The van der Waals surface area contributed by atoms with E-state index in [2.05, 4.69) is 15.3 Å². The lowest BCUT2D eigenvalue weighted by atomic mass is 10.1.